The molecule has 6 atom stereocenters. The highest BCUT2D eigenvalue weighted by Crippen LogP contribution is 2.70. The maximum absolute atomic E-state index is 10.6. The molecule has 1 spiro atoms. The second-order valence-electron chi connectivity index (χ2n) is 9.61. The van der Waals surface area contributed by atoms with Gasteiger partial charge in [0.05, 0.1) is 12.7 Å². The minimum absolute atomic E-state index is 0.0492. The molecule has 0 aromatic heterocycles. The summed E-state index contributed by atoms with van der Waals surface area (Å²) in [6, 6.07) is 0. The molecule has 3 fully saturated rings. The summed E-state index contributed by atoms with van der Waals surface area (Å²) in [6.07, 6.45) is 10.9. The Hall–Kier alpha value is -0.340. The second kappa shape index (κ2) is 4.60. The first-order valence-electron chi connectivity index (χ1n) is 9.34. The van der Waals surface area contributed by atoms with E-state index >= 15 is 0 Å². The highest BCUT2D eigenvalue weighted by Gasteiger charge is 2.63. The van der Waals surface area contributed by atoms with Gasteiger partial charge in [0, 0.05) is 0 Å². The SMILES string of the molecule is CC1(C)[C@H]2CC[C@]34C=C(CO)[C@H](CC[C@@H]3[C@]2(C)CC[C@@H]1O)C4. The summed E-state index contributed by atoms with van der Waals surface area (Å²) in [5.74, 6) is 2.05. The van der Waals surface area contributed by atoms with Crippen molar-refractivity contribution in [3.63, 3.8) is 0 Å². The molecule has 2 N–H and O–H groups in total. The maximum atomic E-state index is 10.6. The van der Waals surface area contributed by atoms with Crippen LogP contribution in [0.4, 0.5) is 0 Å². The zero-order valence-corrected chi connectivity index (χ0v) is 14.4. The highest BCUT2D eigenvalue weighted by molar-refractivity contribution is 5.28. The van der Waals surface area contributed by atoms with E-state index in [4.69, 9.17) is 0 Å². The number of aliphatic hydroxyl groups is 2. The Labute approximate surface area is 135 Å². The van der Waals surface area contributed by atoms with Gasteiger partial charge >= 0.3 is 0 Å². The first kappa shape index (κ1) is 15.2. The normalized spacial score (nSPS) is 52.7. The van der Waals surface area contributed by atoms with E-state index in [1.165, 1.54) is 44.1 Å². The molecule has 0 unspecified atom stereocenters. The van der Waals surface area contributed by atoms with Crippen LogP contribution in [0.5, 0.6) is 0 Å². The third-order valence-electron chi connectivity index (χ3n) is 8.51. The van der Waals surface area contributed by atoms with Crippen LogP contribution in [0.2, 0.25) is 0 Å². The van der Waals surface area contributed by atoms with Gasteiger partial charge in [0.25, 0.3) is 0 Å². The Morgan fingerprint density at radius 1 is 1.05 bits per heavy atom. The van der Waals surface area contributed by atoms with Crippen LogP contribution in [-0.2, 0) is 0 Å². The summed E-state index contributed by atoms with van der Waals surface area (Å²) < 4.78 is 0. The van der Waals surface area contributed by atoms with Gasteiger partial charge in [-0.3, -0.25) is 0 Å². The van der Waals surface area contributed by atoms with E-state index in [0.29, 0.717) is 22.7 Å². The molecule has 4 rings (SSSR count). The van der Waals surface area contributed by atoms with E-state index in [1.807, 2.05) is 0 Å². The molecule has 0 aromatic carbocycles. The molecular weight excluding hydrogens is 272 g/mol. The van der Waals surface area contributed by atoms with E-state index in [0.717, 1.165) is 12.3 Å². The predicted molar refractivity (Wildman–Crippen MR) is 88.3 cm³/mol. The Morgan fingerprint density at radius 2 is 1.82 bits per heavy atom. The summed E-state index contributed by atoms with van der Waals surface area (Å²) in [4.78, 5) is 0. The fraction of sp³-hybridized carbons (Fsp3) is 0.900. The van der Waals surface area contributed by atoms with Gasteiger partial charge in [-0.25, -0.2) is 0 Å². The van der Waals surface area contributed by atoms with Crippen molar-refractivity contribution < 1.29 is 10.2 Å². The molecule has 3 saturated carbocycles. The molecule has 0 heterocycles. The van der Waals surface area contributed by atoms with E-state index in [9.17, 15) is 10.2 Å². The summed E-state index contributed by atoms with van der Waals surface area (Å²) in [6.45, 7) is 7.39. The Balaban J connectivity index is 1.74. The average molecular weight is 304 g/mol. The Bertz CT molecular complexity index is 508. The van der Waals surface area contributed by atoms with Gasteiger partial charge in [-0.05, 0) is 84.5 Å². The molecule has 0 aromatic rings. The lowest BCUT2D eigenvalue weighted by Gasteiger charge is -2.64. The van der Waals surface area contributed by atoms with Crippen LogP contribution < -0.4 is 0 Å². The minimum Gasteiger partial charge on any atom is -0.393 e. The summed E-state index contributed by atoms with van der Waals surface area (Å²) in [5, 5.41) is 20.3. The van der Waals surface area contributed by atoms with E-state index in [2.05, 4.69) is 26.8 Å². The number of allylic oxidation sites excluding steroid dienone is 1. The predicted octanol–water partition coefficient (Wildman–Crippen LogP) is 3.92. The molecular formula is C20H32O2. The van der Waals surface area contributed by atoms with Crippen LogP contribution in [0.15, 0.2) is 11.6 Å². The summed E-state index contributed by atoms with van der Waals surface area (Å²) >= 11 is 0. The smallest absolute Gasteiger partial charge is 0.0644 e. The van der Waals surface area contributed by atoms with Gasteiger partial charge in [0.1, 0.15) is 0 Å². The Morgan fingerprint density at radius 3 is 2.55 bits per heavy atom. The van der Waals surface area contributed by atoms with Crippen LogP contribution >= 0.6 is 0 Å². The lowest BCUT2D eigenvalue weighted by atomic mass is 9.41. The first-order valence-corrected chi connectivity index (χ1v) is 9.34. The van der Waals surface area contributed by atoms with Crippen LogP contribution in [0, 0.1) is 34.0 Å². The molecule has 124 valence electrons. The van der Waals surface area contributed by atoms with Crippen molar-refractivity contribution in [2.75, 3.05) is 6.61 Å². The van der Waals surface area contributed by atoms with Crippen molar-refractivity contribution in [1.29, 1.82) is 0 Å². The molecule has 2 bridgehead atoms. The maximum Gasteiger partial charge on any atom is 0.0644 e. The van der Waals surface area contributed by atoms with Gasteiger partial charge in [-0.15, -0.1) is 0 Å². The Kier molecular flexibility index (Phi) is 3.18. The fourth-order valence-electron chi connectivity index (χ4n) is 7.44. The third kappa shape index (κ3) is 1.74. The van der Waals surface area contributed by atoms with Crippen molar-refractivity contribution in [1.82, 2.24) is 0 Å². The fourth-order valence-corrected chi connectivity index (χ4v) is 7.44. The zero-order valence-electron chi connectivity index (χ0n) is 14.4. The quantitative estimate of drug-likeness (QED) is 0.721. The van der Waals surface area contributed by atoms with Crippen LogP contribution in [0.1, 0.15) is 65.7 Å². The standard InChI is InChI=1S/C20H32O2/c1-18(2)15-6-9-20-10-13(14(11-20)12-21)4-5-16(20)19(15,3)8-7-17(18)22/h11,13,15-17,21-22H,4-10,12H2,1-3H3/t13-,15-,16-,17+,19-,20+/m1/s1. The van der Waals surface area contributed by atoms with Gasteiger partial charge < -0.3 is 10.2 Å². The van der Waals surface area contributed by atoms with Crippen LogP contribution in [-0.4, -0.2) is 22.9 Å². The summed E-state index contributed by atoms with van der Waals surface area (Å²) in [7, 11) is 0. The molecule has 0 amide bonds. The largest absolute Gasteiger partial charge is 0.393 e. The lowest BCUT2D eigenvalue weighted by Crippen LogP contribution is -2.59. The van der Waals surface area contributed by atoms with Crippen molar-refractivity contribution in [2.45, 2.75) is 71.8 Å². The molecule has 2 nitrogen and oxygen atoms in total. The van der Waals surface area contributed by atoms with Crippen LogP contribution in [0.3, 0.4) is 0 Å². The number of aliphatic hydroxyl groups excluding tert-OH is 2. The van der Waals surface area contributed by atoms with Gasteiger partial charge in [-0.1, -0.05) is 26.8 Å². The first-order chi connectivity index (χ1) is 10.3. The lowest BCUT2D eigenvalue weighted by molar-refractivity contribution is -0.172. The van der Waals surface area contributed by atoms with Gasteiger partial charge in [0.2, 0.25) is 0 Å². The number of rotatable bonds is 1. The average Bonchev–Trinajstić information content (AvgIpc) is 2.74. The van der Waals surface area contributed by atoms with Gasteiger partial charge in [-0.2, -0.15) is 0 Å². The topological polar surface area (TPSA) is 40.5 Å². The molecule has 0 radical (unpaired) electrons. The van der Waals surface area contributed by atoms with Crippen molar-refractivity contribution in [3.8, 4) is 0 Å². The number of fused-ring (bicyclic) bond motifs is 3. The van der Waals surface area contributed by atoms with Crippen LogP contribution in [0.25, 0.3) is 0 Å². The van der Waals surface area contributed by atoms with E-state index < -0.39 is 0 Å². The second-order valence-corrected chi connectivity index (χ2v) is 9.61. The highest BCUT2D eigenvalue weighted by atomic mass is 16.3. The molecule has 22 heavy (non-hydrogen) atoms. The molecule has 2 heteroatoms. The van der Waals surface area contributed by atoms with E-state index in [-0.39, 0.29) is 18.1 Å². The molecule has 0 aliphatic heterocycles. The molecule has 0 saturated heterocycles. The van der Waals surface area contributed by atoms with Gasteiger partial charge in [0.15, 0.2) is 0 Å². The third-order valence-corrected chi connectivity index (χ3v) is 8.51. The van der Waals surface area contributed by atoms with E-state index in [1.54, 1.807) is 0 Å². The van der Waals surface area contributed by atoms with Crippen molar-refractivity contribution in [2.24, 2.45) is 34.0 Å². The zero-order chi connectivity index (χ0) is 15.8. The van der Waals surface area contributed by atoms with Crippen molar-refractivity contribution in [3.05, 3.63) is 11.6 Å². The minimum atomic E-state index is -0.136. The molecule has 4 aliphatic rings. The monoisotopic (exact) mass is 304 g/mol. The van der Waals surface area contributed by atoms with Crippen molar-refractivity contribution >= 4 is 0 Å². The summed E-state index contributed by atoms with van der Waals surface area (Å²) in [5.41, 5.74) is 2.12. The molecule has 4 aliphatic carbocycles. The number of hydrogen-bond donors (Lipinski definition) is 2. The number of hydrogen-bond acceptors (Lipinski definition) is 2.